The van der Waals surface area contributed by atoms with Crippen molar-refractivity contribution in [1.29, 1.82) is 0 Å². The maximum Gasteiger partial charge on any atom is 0.257 e. The van der Waals surface area contributed by atoms with E-state index in [9.17, 15) is 13.2 Å². The molecule has 1 saturated carbocycles. The summed E-state index contributed by atoms with van der Waals surface area (Å²) in [4.78, 5) is 18.5. The summed E-state index contributed by atoms with van der Waals surface area (Å²) in [6.45, 7) is 2.23. The van der Waals surface area contributed by atoms with E-state index in [0.29, 0.717) is 16.6 Å². The zero-order valence-corrected chi connectivity index (χ0v) is 17.1. The van der Waals surface area contributed by atoms with Gasteiger partial charge in [0.2, 0.25) is 10.0 Å². The summed E-state index contributed by atoms with van der Waals surface area (Å²) in [5.41, 5.74) is 1.52. The van der Waals surface area contributed by atoms with Crippen molar-refractivity contribution in [3.05, 3.63) is 40.4 Å². The second-order valence-electron chi connectivity index (χ2n) is 7.47. The molecule has 2 aliphatic rings. The maximum atomic E-state index is 12.5. The zero-order valence-electron chi connectivity index (χ0n) is 15.4. The topological polar surface area (TPSA) is 79.4 Å². The van der Waals surface area contributed by atoms with Crippen LogP contribution in [0.15, 0.2) is 29.2 Å². The van der Waals surface area contributed by atoms with Gasteiger partial charge in [-0.25, -0.2) is 13.4 Å². The first-order valence-corrected chi connectivity index (χ1v) is 11.5. The molecule has 8 heteroatoms. The predicted molar refractivity (Wildman–Crippen MR) is 106 cm³/mol. The highest BCUT2D eigenvalue weighted by Gasteiger charge is 2.35. The van der Waals surface area contributed by atoms with Crippen molar-refractivity contribution in [2.45, 2.75) is 50.0 Å². The van der Waals surface area contributed by atoms with E-state index in [1.54, 1.807) is 19.2 Å². The molecule has 0 spiro atoms. The van der Waals surface area contributed by atoms with Crippen molar-refractivity contribution in [3.63, 3.8) is 0 Å². The molecule has 0 radical (unpaired) electrons. The maximum absolute atomic E-state index is 12.5. The fourth-order valence-electron chi connectivity index (χ4n) is 3.34. The first kappa shape index (κ1) is 18.6. The Balaban J connectivity index is 1.47. The molecule has 6 nitrogen and oxygen atoms in total. The molecule has 2 aromatic rings. The van der Waals surface area contributed by atoms with Gasteiger partial charge in [0.25, 0.3) is 5.91 Å². The molecular formula is C19H23N3O3S2. The van der Waals surface area contributed by atoms with Crippen molar-refractivity contribution in [2.24, 2.45) is 5.92 Å². The Bertz CT molecular complexity index is 963. The van der Waals surface area contributed by atoms with Gasteiger partial charge in [-0.3, -0.25) is 10.1 Å². The molecule has 1 unspecified atom stereocenters. The number of nitrogens with one attached hydrogen (secondary N) is 1. The van der Waals surface area contributed by atoms with Crippen molar-refractivity contribution in [2.75, 3.05) is 12.4 Å². The van der Waals surface area contributed by atoms with Gasteiger partial charge in [-0.2, -0.15) is 4.31 Å². The molecule has 1 fully saturated rings. The summed E-state index contributed by atoms with van der Waals surface area (Å²) in [5, 5.41) is 3.46. The fraction of sp³-hybridized carbons (Fsp3) is 0.474. The number of anilines is 1. The van der Waals surface area contributed by atoms with Gasteiger partial charge in [-0.1, -0.05) is 6.92 Å². The molecule has 0 aliphatic heterocycles. The molecular weight excluding hydrogens is 382 g/mol. The second kappa shape index (κ2) is 7.00. The second-order valence-corrected chi connectivity index (χ2v) is 10.5. The molecule has 1 aromatic heterocycles. The van der Waals surface area contributed by atoms with Gasteiger partial charge in [0, 0.05) is 23.5 Å². The van der Waals surface area contributed by atoms with Gasteiger partial charge in [0.15, 0.2) is 5.13 Å². The number of amides is 1. The van der Waals surface area contributed by atoms with Crippen LogP contribution in [-0.2, 0) is 22.9 Å². The number of sulfonamides is 1. The summed E-state index contributed by atoms with van der Waals surface area (Å²) >= 11 is 1.54. The highest BCUT2D eigenvalue weighted by atomic mass is 32.2. The monoisotopic (exact) mass is 405 g/mol. The third-order valence-electron chi connectivity index (χ3n) is 5.26. The van der Waals surface area contributed by atoms with Crippen LogP contribution in [0.1, 0.15) is 47.1 Å². The fourth-order valence-corrected chi connectivity index (χ4v) is 5.92. The molecule has 27 heavy (non-hydrogen) atoms. The van der Waals surface area contributed by atoms with E-state index >= 15 is 0 Å². The smallest absolute Gasteiger partial charge is 0.257 e. The van der Waals surface area contributed by atoms with Crippen molar-refractivity contribution in [1.82, 2.24) is 9.29 Å². The number of benzene rings is 1. The standard InChI is InChI=1S/C19H23N3O3S2/c1-12-3-10-16-17(11-12)26-19(20-16)21-18(23)13-4-8-15(9-5-13)27(24,25)22(2)14-6-7-14/h4-5,8-9,12,14H,3,6-7,10-11H2,1-2H3,(H,20,21,23). The summed E-state index contributed by atoms with van der Waals surface area (Å²) in [7, 11) is -1.88. The third kappa shape index (κ3) is 3.79. The van der Waals surface area contributed by atoms with Crippen molar-refractivity contribution >= 4 is 32.4 Å². The van der Waals surface area contributed by atoms with Crippen LogP contribution in [0.5, 0.6) is 0 Å². The minimum absolute atomic E-state index is 0.108. The van der Waals surface area contributed by atoms with E-state index in [1.165, 1.54) is 32.7 Å². The van der Waals surface area contributed by atoms with Crippen LogP contribution in [0, 0.1) is 5.92 Å². The molecule has 0 saturated heterocycles. The molecule has 2 aliphatic carbocycles. The van der Waals surface area contributed by atoms with Gasteiger partial charge in [0.05, 0.1) is 10.6 Å². The normalized spacial score (nSPS) is 19.7. The number of hydrogen-bond donors (Lipinski definition) is 1. The highest BCUT2D eigenvalue weighted by molar-refractivity contribution is 7.89. The van der Waals surface area contributed by atoms with Gasteiger partial charge in [0.1, 0.15) is 0 Å². The Kier molecular flexibility index (Phi) is 4.82. The largest absolute Gasteiger partial charge is 0.298 e. The average Bonchev–Trinajstić information content (AvgIpc) is 3.41. The summed E-state index contributed by atoms with van der Waals surface area (Å²) < 4.78 is 26.5. The molecule has 1 amide bonds. The first-order valence-electron chi connectivity index (χ1n) is 9.22. The molecule has 144 valence electrons. The molecule has 4 rings (SSSR count). The number of nitrogens with zero attached hydrogens (tertiary/aromatic N) is 2. The molecule has 1 atom stereocenters. The third-order valence-corrected chi connectivity index (χ3v) is 8.22. The Morgan fingerprint density at radius 3 is 2.59 bits per heavy atom. The van der Waals surface area contributed by atoms with E-state index in [-0.39, 0.29) is 16.8 Å². The van der Waals surface area contributed by atoms with Crippen LogP contribution in [0.2, 0.25) is 0 Å². The highest BCUT2D eigenvalue weighted by Crippen LogP contribution is 2.33. The van der Waals surface area contributed by atoms with Gasteiger partial charge < -0.3 is 0 Å². The van der Waals surface area contributed by atoms with Crippen LogP contribution < -0.4 is 5.32 Å². The number of thiazole rings is 1. The van der Waals surface area contributed by atoms with Crippen LogP contribution in [0.25, 0.3) is 0 Å². The van der Waals surface area contributed by atoms with E-state index < -0.39 is 10.0 Å². The van der Waals surface area contributed by atoms with E-state index in [1.807, 2.05) is 0 Å². The molecule has 1 aromatic carbocycles. The minimum Gasteiger partial charge on any atom is -0.298 e. The molecule has 1 N–H and O–H groups in total. The van der Waals surface area contributed by atoms with E-state index in [4.69, 9.17) is 0 Å². The zero-order chi connectivity index (χ0) is 19.2. The number of aromatic nitrogens is 1. The lowest BCUT2D eigenvalue weighted by molar-refractivity contribution is 0.102. The Morgan fingerprint density at radius 2 is 1.93 bits per heavy atom. The van der Waals surface area contributed by atoms with Gasteiger partial charge >= 0.3 is 0 Å². The van der Waals surface area contributed by atoms with Gasteiger partial charge in [-0.05, 0) is 62.3 Å². The number of fused-ring (bicyclic) bond motifs is 1. The lowest BCUT2D eigenvalue weighted by atomic mass is 9.93. The quantitative estimate of drug-likeness (QED) is 0.828. The lowest BCUT2D eigenvalue weighted by Gasteiger charge is -2.16. The van der Waals surface area contributed by atoms with Crippen LogP contribution in [0.4, 0.5) is 5.13 Å². The van der Waals surface area contributed by atoms with Crippen LogP contribution in [-0.4, -0.2) is 36.7 Å². The summed E-state index contributed by atoms with van der Waals surface area (Å²) in [5.74, 6) is 0.387. The average molecular weight is 406 g/mol. The van der Waals surface area contributed by atoms with Crippen molar-refractivity contribution < 1.29 is 13.2 Å². The first-order chi connectivity index (χ1) is 12.8. The number of carbonyl (C=O) groups is 1. The molecule has 1 heterocycles. The summed E-state index contributed by atoms with van der Waals surface area (Å²) in [6, 6.07) is 6.21. The lowest BCUT2D eigenvalue weighted by Crippen LogP contribution is -2.29. The number of hydrogen-bond acceptors (Lipinski definition) is 5. The van der Waals surface area contributed by atoms with Crippen LogP contribution in [0.3, 0.4) is 0 Å². The number of aryl methyl sites for hydroxylation is 1. The number of carbonyl (C=O) groups excluding carboxylic acids is 1. The Hall–Kier alpha value is -1.77. The SMILES string of the molecule is CC1CCc2nc(NC(=O)c3ccc(S(=O)(=O)N(C)C4CC4)cc3)sc2C1. The van der Waals surface area contributed by atoms with E-state index in [0.717, 1.165) is 37.8 Å². The Labute approximate surface area is 163 Å². The van der Waals surface area contributed by atoms with Crippen LogP contribution >= 0.6 is 11.3 Å². The van der Waals surface area contributed by atoms with Crippen molar-refractivity contribution in [3.8, 4) is 0 Å². The predicted octanol–water partition coefficient (Wildman–Crippen LogP) is 3.30. The number of rotatable bonds is 5. The van der Waals surface area contributed by atoms with Gasteiger partial charge in [-0.15, -0.1) is 11.3 Å². The Morgan fingerprint density at radius 1 is 1.22 bits per heavy atom. The summed E-state index contributed by atoms with van der Waals surface area (Å²) in [6.07, 6.45) is 4.93. The van der Waals surface area contributed by atoms with E-state index in [2.05, 4.69) is 17.2 Å². The molecule has 0 bridgehead atoms. The minimum atomic E-state index is -3.49.